The molecule has 0 amide bonds. The van der Waals surface area contributed by atoms with E-state index in [1.165, 1.54) is 64.2 Å². The minimum Gasteiger partial charge on any atom is -0.466 e. The fourth-order valence-electron chi connectivity index (χ4n) is 2.57. The predicted molar refractivity (Wildman–Crippen MR) is 96.1 cm³/mol. The van der Waals surface area contributed by atoms with E-state index in [4.69, 9.17) is 4.74 Å². The number of allylic oxidation sites excluding steroid dienone is 2. The van der Waals surface area contributed by atoms with Gasteiger partial charge in [0.25, 0.3) is 0 Å². The van der Waals surface area contributed by atoms with Gasteiger partial charge in [0.05, 0.1) is 6.61 Å². The van der Waals surface area contributed by atoms with Crippen molar-refractivity contribution in [3.05, 3.63) is 12.2 Å². The Morgan fingerprint density at radius 2 is 1.23 bits per heavy atom. The molecule has 0 aliphatic carbocycles. The number of ether oxygens (including phenoxy) is 1. The highest BCUT2D eigenvalue weighted by Gasteiger charge is 1.99. The van der Waals surface area contributed by atoms with E-state index < -0.39 is 0 Å². The first-order valence-corrected chi connectivity index (χ1v) is 9.61. The van der Waals surface area contributed by atoms with Crippen molar-refractivity contribution in [1.29, 1.82) is 0 Å². The largest absolute Gasteiger partial charge is 0.466 e. The summed E-state index contributed by atoms with van der Waals surface area (Å²) in [6, 6.07) is 0. The predicted octanol–water partition coefficient (Wildman–Crippen LogP) is 6.59. The summed E-state index contributed by atoms with van der Waals surface area (Å²) in [5.74, 6) is -0.0545. The normalized spacial score (nSPS) is 11.2. The van der Waals surface area contributed by atoms with E-state index in [-0.39, 0.29) is 5.97 Å². The molecule has 0 aliphatic rings. The summed E-state index contributed by atoms with van der Waals surface area (Å²) in [5, 5.41) is 0. The highest BCUT2D eigenvalue weighted by molar-refractivity contribution is 5.69. The minimum absolute atomic E-state index is 0.0545. The Kier molecular flexibility index (Phi) is 17.6. The first kappa shape index (κ1) is 21.2. The topological polar surface area (TPSA) is 26.3 Å². The summed E-state index contributed by atoms with van der Waals surface area (Å²) in [6.07, 6.45) is 22.1. The lowest BCUT2D eigenvalue weighted by Crippen LogP contribution is -2.02. The zero-order chi connectivity index (χ0) is 16.3. The van der Waals surface area contributed by atoms with Crippen molar-refractivity contribution in [2.45, 2.75) is 104 Å². The van der Waals surface area contributed by atoms with Crippen molar-refractivity contribution in [1.82, 2.24) is 0 Å². The van der Waals surface area contributed by atoms with Gasteiger partial charge in [-0.25, -0.2) is 0 Å². The molecule has 130 valence electrons. The molecule has 0 unspecified atom stereocenters. The fraction of sp³-hybridized carbons (Fsp3) is 0.850. The number of esters is 1. The SMILES string of the molecule is CCCCCCCCCCC/C=C/CCCCC(=O)OCC. The molecule has 0 atom stereocenters. The zero-order valence-corrected chi connectivity index (χ0v) is 15.1. The van der Waals surface area contributed by atoms with Crippen LogP contribution in [0, 0.1) is 0 Å². The minimum atomic E-state index is -0.0545. The average Bonchev–Trinajstić information content (AvgIpc) is 2.51. The molecular weight excluding hydrogens is 272 g/mol. The first-order valence-electron chi connectivity index (χ1n) is 9.61. The zero-order valence-electron chi connectivity index (χ0n) is 15.1. The number of rotatable bonds is 16. The summed E-state index contributed by atoms with van der Waals surface area (Å²) in [4.78, 5) is 11.1. The molecule has 0 heterocycles. The Hall–Kier alpha value is -0.790. The molecule has 2 heteroatoms. The maximum absolute atomic E-state index is 11.1. The van der Waals surface area contributed by atoms with Crippen LogP contribution in [0.5, 0.6) is 0 Å². The van der Waals surface area contributed by atoms with Gasteiger partial charge in [0, 0.05) is 6.42 Å². The lowest BCUT2D eigenvalue weighted by Gasteiger charge is -2.01. The second-order valence-electron chi connectivity index (χ2n) is 6.14. The summed E-state index contributed by atoms with van der Waals surface area (Å²) >= 11 is 0. The van der Waals surface area contributed by atoms with Gasteiger partial charge in [0.2, 0.25) is 0 Å². The lowest BCUT2D eigenvalue weighted by atomic mass is 10.1. The van der Waals surface area contributed by atoms with Gasteiger partial charge in [-0.1, -0.05) is 70.4 Å². The molecule has 0 aromatic carbocycles. The fourth-order valence-corrected chi connectivity index (χ4v) is 2.57. The van der Waals surface area contributed by atoms with Gasteiger partial charge in [-0.3, -0.25) is 4.79 Å². The monoisotopic (exact) mass is 310 g/mol. The van der Waals surface area contributed by atoms with E-state index in [0.717, 1.165) is 19.3 Å². The van der Waals surface area contributed by atoms with Gasteiger partial charge < -0.3 is 4.74 Å². The van der Waals surface area contributed by atoms with Gasteiger partial charge in [-0.15, -0.1) is 0 Å². The summed E-state index contributed by atoms with van der Waals surface area (Å²) in [7, 11) is 0. The molecule has 0 saturated carbocycles. The second kappa shape index (κ2) is 18.3. The quantitative estimate of drug-likeness (QED) is 0.183. The van der Waals surface area contributed by atoms with Gasteiger partial charge in [0.15, 0.2) is 0 Å². The van der Waals surface area contributed by atoms with Crippen molar-refractivity contribution in [3.8, 4) is 0 Å². The van der Waals surface area contributed by atoms with Gasteiger partial charge in [-0.05, 0) is 39.0 Å². The van der Waals surface area contributed by atoms with E-state index in [0.29, 0.717) is 13.0 Å². The highest BCUT2D eigenvalue weighted by atomic mass is 16.5. The van der Waals surface area contributed by atoms with E-state index in [2.05, 4.69) is 19.1 Å². The molecule has 0 aromatic heterocycles. The highest BCUT2D eigenvalue weighted by Crippen LogP contribution is 2.11. The number of carbonyl (C=O) groups excluding carboxylic acids is 1. The number of hydrogen-bond acceptors (Lipinski definition) is 2. The van der Waals surface area contributed by atoms with E-state index in [1.54, 1.807) is 0 Å². The van der Waals surface area contributed by atoms with Crippen molar-refractivity contribution in [3.63, 3.8) is 0 Å². The van der Waals surface area contributed by atoms with Crippen LogP contribution in [0.2, 0.25) is 0 Å². The Labute approximate surface area is 138 Å². The van der Waals surface area contributed by atoms with Crippen molar-refractivity contribution >= 4 is 5.97 Å². The molecule has 0 bridgehead atoms. The van der Waals surface area contributed by atoms with Gasteiger partial charge in [0.1, 0.15) is 0 Å². The lowest BCUT2D eigenvalue weighted by molar-refractivity contribution is -0.143. The van der Waals surface area contributed by atoms with Crippen LogP contribution in [0.4, 0.5) is 0 Å². The Morgan fingerprint density at radius 1 is 0.727 bits per heavy atom. The van der Waals surface area contributed by atoms with E-state index in [1.807, 2.05) is 6.92 Å². The van der Waals surface area contributed by atoms with Crippen LogP contribution in [0.3, 0.4) is 0 Å². The standard InChI is InChI=1S/C20H38O2/c1-3-5-6-7-8-9-10-11-12-13-14-15-16-17-18-19-20(21)22-4-2/h14-15H,3-13,16-19H2,1-2H3/b15-14+. The van der Waals surface area contributed by atoms with Crippen molar-refractivity contribution in [2.75, 3.05) is 6.61 Å². The van der Waals surface area contributed by atoms with Crippen LogP contribution in [0.15, 0.2) is 12.2 Å². The van der Waals surface area contributed by atoms with Crippen LogP contribution < -0.4 is 0 Å². The molecule has 22 heavy (non-hydrogen) atoms. The smallest absolute Gasteiger partial charge is 0.305 e. The van der Waals surface area contributed by atoms with Crippen molar-refractivity contribution in [2.24, 2.45) is 0 Å². The van der Waals surface area contributed by atoms with Crippen molar-refractivity contribution < 1.29 is 9.53 Å². The second-order valence-corrected chi connectivity index (χ2v) is 6.14. The number of unbranched alkanes of at least 4 members (excludes halogenated alkanes) is 11. The maximum atomic E-state index is 11.1. The van der Waals surface area contributed by atoms with Crippen LogP contribution in [0.25, 0.3) is 0 Å². The van der Waals surface area contributed by atoms with Crippen LogP contribution in [0.1, 0.15) is 104 Å². The Bertz CT molecular complexity index is 258. The van der Waals surface area contributed by atoms with E-state index >= 15 is 0 Å². The molecule has 2 nitrogen and oxygen atoms in total. The average molecular weight is 311 g/mol. The summed E-state index contributed by atoms with van der Waals surface area (Å²) in [6.45, 7) is 4.62. The summed E-state index contributed by atoms with van der Waals surface area (Å²) in [5.41, 5.74) is 0. The molecule has 0 spiro atoms. The van der Waals surface area contributed by atoms with Crippen LogP contribution in [-0.2, 0) is 9.53 Å². The molecule has 0 N–H and O–H groups in total. The molecule has 0 aromatic rings. The number of carbonyl (C=O) groups is 1. The third kappa shape index (κ3) is 17.3. The molecule has 0 fully saturated rings. The maximum Gasteiger partial charge on any atom is 0.305 e. The van der Waals surface area contributed by atoms with Crippen LogP contribution in [-0.4, -0.2) is 12.6 Å². The molecule has 0 radical (unpaired) electrons. The third-order valence-corrected chi connectivity index (χ3v) is 3.95. The summed E-state index contributed by atoms with van der Waals surface area (Å²) < 4.78 is 4.90. The van der Waals surface area contributed by atoms with Gasteiger partial charge >= 0.3 is 5.97 Å². The Morgan fingerprint density at radius 3 is 1.77 bits per heavy atom. The van der Waals surface area contributed by atoms with Crippen LogP contribution >= 0.6 is 0 Å². The van der Waals surface area contributed by atoms with E-state index in [9.17, 15) is 4.79 Å². The molecule has 0 saturated heterocycles. The molecular formula is C20H38O2. The molecule has 0 aliphatic heterocycles. The third-order valence-electron chi connectivity index (χ3n) is 3.95. The first-order chi connectivity index (χ1) is 10.8. The Balaban J connectivity index is 3.13. The van der Waals surface area contributed by atoms with Gasteiger partial charge in [-0.2, -0.15) is 0 Å². The number of hydrogen-bond donors (Lipinski definition) is 0. The molecule has 0 rings (SSSR count).